The van der Waals surface area contributed by atoms with Crippen LogP contribution in [0.2, 0.25) is 0 Å². The summed E-state index contributed by atoms with van der Waals surface area (Å²) in [7, 11) is 0. The van der Waals surface area contributed by atoms with E-state index in [1.54, 1.807) is 18.2 Å². The second kappa shape index (κ2) is 8.61. The van der Waals surface area contributed by atoms with E-state index in [2.05, 4.69) is 30.8 Å². The molecular formula is C22H19N7O2. The van der Waals surface area contributed by atoms with Gasteiger partial charge in [0.25, 0.3) is 0 Å². The number of urea groups is 1. The molecule has 3 aromatic heterocycles. The van der Waals surface area contributed by atoms with Crippen LogP contribution in [0.5, 0.6) is 0 Å². The molecule has 3 heterocycles. The average Bonchev–Trinajstić information content (AvgIpc) is 3.23. The standard InChI is InChI=1S/C22H19N7O2/c1-13(14-5-3-2-4-6-14)25-22(31)27-19-10-17-20(18(12-30)26-19)21(29-28-17)15-7-8-24-16(9-15)11-23/h2-10,13,30H,12H2,1H3,(H,28,29)(H2,25,26,27,31). The number of pyridine rings is 2. The van der Waals surface area contributed by atoms with Crippen LogP contribution < -0.4 is 10.6 Å². The number of aromatic nitrogens is 4. The molecule has 1 atom stereocenters. The third-order valence-electron chi connectivity index (χ3n) is 4.81. The van der Waals surface area contributed by atoms with Crippen LogP contribution >= 0.6 is 0 Å². The van der Waals surface area contributed by atoms with Gasteiger partial charge in [0.15, 0.2) is 0 Å². The van der Waals surface area contributed by atoms with Crippen molar-refractivity contribution >= 4 is 22.8 Å². The van der Waals surface area contributed by atoms with Crippen molar-refractivity contribution in [2.75, 3.05) is 5.32 Å². The molecule has 0 fully saturated rings. The molecule has 9 heteroatoms. The summed E-state index contributed by atoms with van der Waals surface area (Å²) in [5, 5.41) is 32.4. The first-order valence-corrected chi connectivity index (χ1v) is 9.57. The lowest BCUT2D eigenvalue weighted by Gasteiger charge is -2.15. The van der Waals surface area contributed by atoms with E-state index < -0.39 is 6.03 Å². The molecule has 4 rings (SSSR count). The monoisotopic (exact) mass is 413 g/mol. The van der Waals surface area contributed by atoms with E-state index in [4.69, 9.17) is 5.26 Å². The van der Waals surface area contributed by atoms with Crippen LogP contribution in [0.3, 0.4) is 0 Å². The average molecular weight is 413 g/mol. The number of carbonyl (C=O) groups is 1. The Labute approximate surface area is 177 Å². The van der Waals surface area contributed by atoms with Gasteiger partial charge in [-0.3, -0.25) is 10.4 Å². The molecule has 4 N–H and O–H groups in total. The first-order chi connectivity index (χ1) is 15.1. The summed E-state index contributed by atoms with van der Waals surface area (Å²) < 4.78 is 0. The minimum atomic E-state index is -0.417. The van der Waals surface area contributed by atoms with Crippen LogP contribution in [-0.4, -0.2) is 31.3 Å². The predicted octanol–water partition coefficient (Wildman–Crippen LogP) is 3.27. The normalized spacial score (nSPS) is 11.6. The summed E-state index contributed by atoms with van der Waals surface area (Å²) in [6, 6.07) is 16.0. The summed E-state index contributed by atoms with van der Waals surface area (Å²) in [6.07, 6.45) is 1.52. The molecule has 4 aromatic rings. The van der Waals surface area contributed by atoms with Crippen molar-refractivity contribution < 1.29 is 9.90 Å². The van der Waals surface area contributed by atoms with Crippen molar-refractivity contribution in [2.45, 2.75) is 19.6 Å². The van der Waals surface area contributed by atoms with Crippen LogP contribution in [0.15, 0.2) is 54.7 Å². The minimum Gasteiger partial charge on any atom is -0.390 e. The van der Waals surface area contributed by atoms with Crippen molar-refractivity contribution in [3.8, 4) is 17.3 Å². The summed E-state index contributed by atoms with van der Waals surface area (Å²) in [4.78, 5) is 20.8. The van der Waals surface area contributed by atoms with Gasteiger partial charge < -0.3 is 10.4 Å². The second-order valence-corrected chi connectivity index (χ2v) is 6.88. The molecule has 1 unspecified atom stereocenters. The molecule has 0 saturated heterocycles. The second-order valence-electron chi connectivity index (χ2n) is 6.88. The number of benzene rings is 1. The van der Waals surface area contributed by atoms with Gasteiger partial charge in [-0.2, -0.15) is 10.4 Å². The van der Waals surface area contributed by atoms with E-state index in [9.17, 15) is 9.90 Å². The third-order valence-corrected chi connectivity index (χ3v) is 4.81. The molecule has 154 valence electrons. The van der Waals surface area contributed by atoms with Crippen molar-refractivity contribution in [2.24, 2.45) is 0 Å². The van der Waals surface area contributed by atoms with Crippen molar-refractivity contribution in [3.05, 3.63) is 71.7 Å². The predicted molar refractivity (Wildman–Crippen MR) is 115 cm³/mol. The summed E-state index contributed by atoms with van der Waals surface area (Å²) in [6.45, 7) is 1.53. The van der Waals surface area contributed by atoms with Gasteiger partial charge in [0.05, 0.1) is 29.2 Å². The molecule has 0 bridgehead atoms. The maximum Gasteiger partial charge on any atom is 0.320 e. The number of nitrogens with zero attached hydrogens (tertiary/aromatic N) is 4. The fourth-order valence-corrected chi connectivity index (χ4v) is 3.32. The van der Waals surface area contributed by atoms with Crippen LogP contribution in [-0.2, 0) is 6.61 Å². The third kappa shape index (κ3) is 4.19. The Balaban J connectivity index is 1.60. The van der Waals surface area contributed by atoms with Gasteiger partial charge in [-0.25, -0.2) is 14.8 Å². The molecule has 9 nitrogen and oxygen atoms in total. The molecule has 0 radical (unpaired) electrons. The number of aliphatic hydroxyl groups is 1. The van der Waals surface area contributed by atoms with Gasteiger partial charge in [0.1, 0.15) is 23.3 Å². The fraction of sp³-hybridized carbons (Fsp3) is 0.136. The molecule has 0 aliphatic carbocycles. The molecule has 0 aliphatic heterocycles. The lowest BCUT2D eigenvalue weighted by Crippen LogP contribution is -2.31. The number of hydrogen-bond acceptors (Lipinski definition) is 6. The van der Waals surface area contributed by atoms with Gasteiger partial charge in [-0.15, -0.1) is 0 Å². The van der Waals surface area contributed by atoms with Crippen molar-refractivity contribution in [1.82, 2.24) is 25.5 Å². The van der Waals surface area contributed by atoms with Gasteiger partial charge >= 0.3 is 6.03 Å². The summed E-state index contributed by atoms with van der Waals surface area (Å²) in [5.74, 6) is 0.275. The van der Waals surface area contributed by atoms with E-state index in [1.165, 1.54) is 6.20 Å². The van der Waals surface area contributed by atoms with Crippen LogP contribution in [0.1, 0.15) is 29.9 Å². The molecule has 1 aromatic carbocycles. The van der Waals surface area contributed by atoms with Crippen LogP contribution in [0.25, 0.3) is 22.2 Å². The Morgan fingerprint density at radius 1 is 1.26 bits per heavy atom. The van der Waals surface area contributed by atoms with Crippen LogP contribution in [0.4, 0.5) is 10.6 Å². The Hall–Kier alpha value is -4.29. The fourth-order valence-electron chi connectivity index (χ4n) is 3.32. The lowest BCUT2D eigenvalue weighted by atomic mass is 10.1. The number of rotatable bonds is 5. The molecule has 2 amide bonds. The maximum atomic E-state index is 12.4. The maximum absolute atomic E-state index is 12.4. The number of anilines is 1. The quantitative estimate of drug-likeness (QED) is 0.396. The number of fused-ring (bicyclic) bond motifs is 1. The Kier molecular flexibility index (Phi) is 5.55. The largest absolute Gasteiger partial charge is 0.390 e. The first-order valence-electron chi connectivity index (χ1n) is 9.57. The highest BCUT2D eigenvalue weighted by atomic mass is 16.3. The topological polar surface area (TPSA) is 140 Å². The Bertz CT molecular complexity index is 1280. The smallest absolute Gasteiger partial charge is 0.320 e. The molecule has 0 aliphatic rings. The number of aliphatic hydroxyl groups excluding tert-OH is 1. The number of carbonyl (C=O) groups excluding carboxylic acids is 1. The van der Waals surface area contributed by atoms with E-state index in [0.717, 1.165) is 5.56 Å². The SMILES string of the molecule is CC(NC(=O)Nc1cc2[nH]nc(-c3ccnc(C#N)c3)c2c(CO)n1)c1ccccc1. The lowest BCUT2D eigenvalue weighted by molar-refractivity contribution is 0.249. The van der Waals surface area contributed by atoms with Crippen LogP contribution in [0, 0.1) is 11.3 Å². The van der Waals surface area contributed by atoms with Gasteiger partial charge in [-0.1, -0.05) is 30.3 Å². The van der Waals surface area contributed by atoms with Crippen molar-refractivity contribution in [1.29, 1.82) is 5.26 Å². The number of nitriles is 1. The number of amides is 2. The number of nitrogens with one attached hydrogen (secondary N) is 3. The number of H-pyrrole nitrogens is 1. The molecule has 31 heavy (non-hydrogen) atoms. The summed E-state index contributed by atoms with van der Waals surface area (Å²) >= 11 is 0. The Morgan fingerprint density at radius 2 is 2.06 bits per heavy atom. The molecule has 0 saturated carbocycles. The molecule has 0 spiro atoms. The van der Waals surface area contributed by atoms with E-state index >= 15 is 0 Å². The van der Waals surface area contributed by atoms with E-state index in [-0.39, 0.29) is 24.2 Å². The van der Waals surface area contributed by atoms with E-state index in [1.807, 2.05) is 43.3 Å². The van der Waals surface area contributed by atoms with Gasteiger partial charge in [0, 0.05) is 17.8 Å². The summed E-state index contributed by atoms with van der Waals surface area (Å²) in [5.41, 5.74) is 3.39. The minimum absolute atomic E-state index is 0.193. The Morgan fingerprint density at radius 3 is 2.81 bits per heavy atom. The zero-order chi connectivity index (χ0) is 21.8. The highest BCUT2D eigenvalue weighted by Gasteiger charge is 2.17. The zero-order valence-corrected chi connectivity index (χ0v) is 16.6. The number of hydrogen-bond donors (Lipinski definition) is 4. The van der Waals surface area contributed by atoms with Gasteiger partial charge in [0.2, 0.25) is 0 Å². The first kappa shape index (κ1) is 20.0. The zero-order valence-electron chi connectivity index (χ0n) is 16.6. The van der Waals surface area contributed by atoms with Crippen molar-refractivity contribution in [3.63, 3.8) is 0 Å². The van der Waals surface area contributed by atoms with E-state index in [0.29, 0.717) is 27.9 Å². The highest BCUT2D eigenvalue weighted by Crippen LogP contribution is 2.30. The molecular weight excluding hydrogens is 394 g/mol. The highest BCUT2D eigenvalue weighted by molar-refractivity contribution is 5.97. The van der Waals surface area contributed by atoms with Gasteiger partial charge in [-0.05, 0) is 24.6 Å². The number of aromatic amines is 1.